The Hall–Kier alpha value is -2.39. The number of amides is 4. The highest BCUT2D eigenvalue weighted by atomic mass is 16.3. The quantitative estimate of drug-likeness (QED) is 0.568. The van der Waals surface area contributed by atoms with Gasteiger partial charge in [-0.25, -0.2) is 4.79 Å². The molecule has 3 N–H and O–H groups in total. The van der Waals surface area contributed by atoms with E-state index in [-0.39, 0.29) is 31.7 Å². The summed E-state index contributed by atoms with van der Waals surface area (Å²) in [5, 5.41) is 14.4. The van der Waals surface area contributed by atoms with Crippen LogP contribution in [0.1, 0.15) is 17.4 Å². The van der Waals surface area contributed by atoms with Gasteiger partial charge in [-0.05, 0) is 19.1 Å². The summed E-state index contributed by atoms with van der Waals surface area (Å²) >= 11 is 0. The van der Waals surface area contributed by atoms with E-state index in [1.807, 2.05) is 24.0 Å². The van der Waals surface area contributed by atoms with E-state index in [0.717, 1.165) is 16.4 Å². The Labute approximate surface area is 144 Å². The Morgan fingerprint density at radius 3 is 2.80 bits per heavy atom. The first-order valence-electron chi connectivity index (χ1n) is 8.25. The number of aryl methyl sites for hydroxylation is 1. The maximum Gasteiger partial charge on any atom is 0.325 e. The number of imide groups is 1. The largest absolute Gasteiger partial charge is 0.466 e. The zero-order valence-corrected chi connectivity index (χ0v) is 14.0. The van der Waals surface area contributed by atoms with Crippen LogP contribution in [0.25, 0.3) is 0 Å². The SMILES string of the molecule is Cc1ccc([C@H]2CN(CCO)C[C@@H]2NC(=O)CN2C(=O)CNC2=O)o1. The summed E-state index contributed by atoms with van der Waals surface area (Å²) in [7, 11) is 0. The number of nitrogens with one attached hydrogen (secondary N) is 2. The van der Waals surface area contributed by atoms with Gasteiger partial charge in [0.25, 0.3) is 5.91 Å². The molecule has 4 amide bonds. The molecule has 3 heterocycles. The average molecular weight is 350 g/mol. The van der Waals surface area contributed by atoms with Crippen LogP contribution >= 0.6 is 0 Å². The van der Waals surface area contributed by atoms with Crippen molar-refractivity contribution in [1.82, 2.24) is 20.4 Å². The number of aliphatic hydroxyl groups excluding tert-OH is 1. The van der Waals surface area contributed by atoms with Crippen LogP contribution in [0.15, 0.2) is 16.5 Å². The summed E-state index contributed by atoms with van der Waals surface area (Å²) in [6, 6.07) is 2.99. The molecule has 0 saturated carbocycles. The van der Waals surface area contributed by atoms with Crippen LogP contribution < -0.4 is 10.6 Å². The number of hydrogen-bond donors (Lipinski definition) is 3. The molecule has 9 heteroatoms. The van der Waals surface area contributed by atoms with Crippen LogP contribution in [0.5, 0.6) is 0 Å². The molecule has 0 unspecified atom stereocenters. The second-order valence-corrected chi connectivity index (χ2v) is 6.35. The van der Waals surface area contributed by atoms with Crippen molar-refractivity contribution in [3.05, 3.63) is 23.7 Å². The fourth-order valence-corrected chi connectivity index (χ4v) is 3.31. The van der Waals surface area contributed by atoms with Crippen LogP contribution in [0.4, 0.5) is 4.79 Å². The molecule has 0 radical (unpaired) electrons. The van der Waals surface area contributed by atoms with Crippen LogP contribution in [-0.2, 0) is 9.59 Å². The van der Waals surface area contributed by atoms with Crippen LogP contribution in [0, 0.1) is 6.92 Å². The third kappa shape index (κ3) is 3.83. The lowest BCUT2D eigenvalue weighted by Gasteiger charge is -2.20. The van der Waals surface area contributed by atoms with Gasteiger partial charge in [0.1, 0.15) is 18.1 Å². The second kappa shape index (κ2) is 7.24. The minimum atomic E-state index is -0.549. The smallest absolute Gasteiger partial charge is 0.325 e. The van der Waals surface area contributed by atoms with E-state index in [1.165, 1.54) is 0 Å². The van der Waals surface area contributed by atoms with Crippen molar-refractivity contribution in [2.45, 2.75) is 18.9 Å². The zero-order chi connectivity index (χ0) is 18.0. The number of carbonyl (C=O) groups excluding carboxylic acids is 3. The number of carbonyl (C=O) groups is 3. The number of urea groups is 1. The van der Waals surface area contributed by atoms with Gasteiger partial charge in [-0.2, -0.15) is 0 Å². The highest BCUT2D eigenvalue weighted by molar-refractivity contribution is 6.04. The highest BCUT2D eigenvalue weighted by Gasteiger charge is 2.37. The second-order valence-electron chi connectivity index (χ2n) is 6.35. The first-order valence-corrected chi connectivity index (χ1v) is 8.25. The normalized spacial score (nSPS) is 24.0. The first kappa shape index (κ1) is 17.4. The fourth-order valence-electron chi connectivity index (χ4n) is 3.31. The minimum absolute atomic E-state index is 0.0347. The summed E-state index contributed by atoms with van der Waals surface area (Å²) in [5.41, 5.74) is 0. The molecular weight excluding hydrogens is 328 g/mol. The number of rotatable bonds is 6. The molecule has 3 rings (SSSR count). The Balaban J connectivity index is 1.66. The van der Waals surface area contributed by atoms with Crippen LogP contribution in [0.3, 0.4) is 0 Å². The predicted molar refractivity (Wildman–Crippen MR) is 86.8 cm³/mol. The van der Waals surface area contributed by atoms with E-state index >= 15 is 0 Å². The number of nitrogens with zero attached hydrogens (tertiary/aromatic N) is 2. The number of likely N-dealkylation sites (tertiary alicyclic amines) is 1. The number of β-amino-alcohol motifs (C(OH)–C–C–N with tert-alkyl or cyclic N) is 1. The summed E-state index contributed by atoms with van der Waals surface area (Å²) in [4.78, 5) is 38.4. The van der Waals surface area contributed by atoms with E-state index in [2.05, 4.69) is 10.6 Å². The van der Waals surface area contributed by atoms with Crippen molar-refractivity contribution in [3.63, 3.8) is 0 Å². The molecule has 1 aromatic rings. The molecule has 2 atom stereocenters. The van der Waals surface area contributed by atoms with Gasteiger partial charge >= 0.3 is 6.03 Å². The van der Waals surface area contributed by atoms with Crippen molar-refractivity contribution < 1.29 is 23.9 Å². The van der Waals surface area contributed by atoms with Gasteiger partial charge in [0.15, 0.2) is 0 Å². The molecule has 2 saturated heterocycles. The number of furan rings is 1. The summed E-state index contributed by atoms with van der Waals surface area (Å²) in [6.07, 6.45) is 0. The summed E-state index contributed by atoms with van der Waals surface area (Å²) < 4.78 is 5.70. The fraction of sp³-hybridized carbons (Fsp3) is 0.562. The van der Waals surface area contributed by atoms with E-state index in [0.29, 0.717) is 19.6 Å². The first-order chi connectivity index (χ1) is 12.0. The van der Waals surface area contributed by atoms with E-state index in [9.17, 15) is 14.4 Å². The van der Waals surface area contributed by atoms with Gasteiger partial charge in [0.05, 0.1) is 25.1 Å². The number of hydrogen-bond acceptors (Lipinski definition) is 6. The molecular formula is C16H22N4O5. The number of aliphatic hydroxyl groups is 1. The molecule has 0 aliphatic carbocycles. The zero-order valence-electron chi connectivity index (χ0n) is 14.0. The van der Waals surface area contributed by atoms with E-state index < -0.39 is 17.8 Å². The van der Waals surface area contributed by atoms with Gasteiger partial charge in [0, 0.05) is 19.6 Å². The van der Waals surface area contributed by atoms with Gasteiger partial charge < -0.3 is 20.2 Å². The molecule has 1 aromatic heterocycles. The molecule has 136 valence electrons. The minimum Gasteiger partial charge on any atom is -0.466 e. The Bertz CT molecular complexity index is 657. The third-order valence-electron chi connectivity index (χ3n) is 4.52. The monoisotopic (exact) mass is 350 g/mol. The Morgan fingerprint density at radius 1 is 1.40 bits per heavy atom. The lowest BCUT2D eigenvalue weighted by atomic mass is 10.0. The summed E-state index contributed by atoms with van der Waals surface area (Å²) in [6.45, 7) is 3.25. The highest BCUT2D eigenvalue weighted by Crippen LogP contribution is 2.29. The maximum absolute atomic E-state index is 12.3. The van der Waals surface area contributed by atoms with Crippen molar-refractivity contribution >= 4 is 17.8 Å². The lowest BCUT2D eigenvalue weighted by Crippen LogP contribution is -2.46. The average Bonchev–Trinajstić information content (AvgIpc) is 3.23. The van der Waals surface area contributed by atoms with Crippen molar-refractivity contribution in [2.75, 3.05) is 39.3 Å². The van der Waals surface area contributed by atoms with Gasteiger partial charge in [-0.1, -0.05) is 0 Å². The maximum atomic E-state index is 12.3. The molecule has 0 aromatic carbocycles. The van der Waals surface area contributed by atoms with Crippen LogP contribution in [0.2, 0.25) is 0 Å². The lowest BCUT2D eigenvalue weighted by molar-refractivity contribution is -0.130. The Morgan fingerprint density at radius 2 is 2.20 bits per heavy atom. The predicted octanol–water partition coefficient (Wildman–Crippen LogP) is -0.984. The van der Waals surface area contributed by atoms with E-state index in [4.69, 9.17) is 9.52 Å². The van der Waals surface area contributed by atoms with Crippen molar-refractivity contribution in [3.8, 4) is 0 Å². The topological polar surface area (TPSA) is 115 Å². The molecule has 9 nitrogen and oxygen atoms in total. The van der Waals surface area contributed by atoms with Gasteiger partial charge in [-0.15, -0.1) is 0 Å². The van der Waals surface area contributed by atoms with Gasteiger partial charge in [0.2, 0.25) is 5.91 Å². The molecule has 2 fully saturated rings. The molecule has 2 aliphatic rings. The third-order valence-corrected chi connectivity index (χ3v) is 4.52. The Kier molecular flexibility index (Phi) is 5.05. The van der Waals surface area contributed by atoms with E-state index in [1.54, 1.807) is 0 Å². The molecule has 0 spiro atoms. The van der Waals surface area contributed by atoms with Crippen LogP contribution in [-0.4, -0.2) is 78.1 Å². The standard InChI is InChI=1S/C16H22N4O5/c1-10-2-3-13(25-10)11-7-19(4-5-21)8-12(11)18-14(22)9-20-15(23)6-17-16(20)24/h2-3,11-12,21H,4-9H2,1H3,(H,17,24)(H,18,22)/t11-,12-/m0/s1. The molecule has 2 aliphatic heterocycles. The van der Waals surface area contributed by atoms with Gasteiger partial charge in [-0.3, -0.25) is 19.4 Å². The molecule has 0 bridgehead atoms. The van der Waals surface area contributed by atoms with Crippen molar-refractivity contribution in [2.24, 2.45) is 0 Å². The molecule has 25 heavy (non-hydrogen) atoms. The van der Waals surface area contributed by atoms with Crippen molar-refractivity contribution in [1.29, 1.82) is 0 Å². The summed E-state index contributed by atoms with van der Waals surface area (Å²) in [5.74, 6) is 0.715.